The quantitative estimate of drug-likeness (QED) is 0.664. The minimum atomic E-state index is 0.0911. The molecule has 0 aliphatic carbocycles. The Labute approximate surface area is 170 Å². The lowest BCUT2D eigenvalue weighted by molar-refractivity contribution is 0.502. The molecular weight excluding hydrogens is 366 g/mol. The van der Waals surface area contributed by atoms with Gasteiger partial charge in [0.1, 0.15) is 0 Å². The Morgan fingerprint density at radius 2 is 1.96 bits per heavy atom. The lowest BCUT2D eigenvalue weighted by Crippen LogP contribution is -2.34. The van der Waals surface area contributed by atoms with Crippen LogP contribution in [0.3, 0.4) is 0 Å². The van der Waals surface area contributed by atoms with Crippen molar-refractivity contribution >= 4 is 33.9 Å². The van der Waals surface area contributed by atoms with Crippen LogP contribution < -0.4 is 10.9 Å². The molecular formula is C23H25N3OS. The summed E-state index contributed by atoms with van der Waals surface area (Å²) in [4.78, 5) is 14.9. The molecule has 0 radical (unpaired) electrons. The lowest BCUT2D eigenvalue weighted by atomic mass is 10.0. The zero-order valence-corrected chi connectivity index (χ0v) is 17.3. The third-order valence-electron chi connectivity index (χ3n) is 5.46. The molecule has 0 fully saturated rings. The number of pyridine rings is 1. The number of hydrogen-bond acceptors (Lipinski definition) is 2. The molecule has 144 valence electrons. The summed E-state index contributed by atoms with van der Waals surface area (Å²) in [5.41, 5.74) is 5.47. The first-order valence-corrected chi connectivity index (χ1v) is 10.1. The number of aryl methyl sites for hydroxylation is 2. The van der Waals surface area contributed by atoms with E-state index in [2.05, 4.69) is 49.5 Å². The largest absolute Gasteiger partial charge is 0.348 e. The summed E-state index contributed by atoms with van der Waals surface area (Å²) < 4.78 is 1.91. The van der Waals surface area contributed by atoms with Crippen molar-refractivity contribution in [3.8, 4) is 0 Å². The van der Waals surface area contributed by atoms with Gasteiger partial charge in [0.25, 0.3) is 5.56 Å². The highest BCUT2D eigenvalue weighted by Gasteiger charge is 2.18. The highest BCUT2D eigenvalue weighted by molar-refractivity contribution is 7.80. The van der Waals surface area contributed by atoms with Gasteiger partial charge in [0.05, 0.1) is 12.1 Å². The van der Waals surface area contributed by atoms with Gasteiger partial charge in [-0.05, 0) is 59.3 Å². The molecule has 1 aliphatic rings. The second-order valence-electron chi connectivity index (χ2n) is 7.79. The highest BCUT2D eigenvalue weighted by Crippen LogP contribution is 2.24. The number of nitrogens with zero attached hydrogens (tertiary/aromatic N) is 2. The summed E-state index contributed by atoms with van der Waals surface area (Å²) in [6.07, 6.45) is 0.929. The van der Waals surface area contributed by atoms with E-state index in [-0.39, 0.29) is 5.56 Å². The van der Waals surface area contributed by atoms with Crippen molar-refractivity contribution in [3.05, 3.63) is 75.6 Å². The summed E-state index contributed by atoms with van der Waals surface area (Å²) in [7, 11) is 1.92. The molecule has 0 atom stereocenters. The van der Waals surface area contributed by atoms with E-state index in [1.807, 2.05) is 34.7 Å². The molecule has 5 heteroatoms. The van der Waals surface area contributed by atoms with Crippen LogP contribution in [0.25, 0.3) is 10.9 Å². The van der Waals surface area contributed by atoms with Gasteiger partial charge in [0.15, 0.2) is 5.11 Å². The zero-order valence-electron chi connectivity index (χ0n) is 16.5. The predicted octanol–water partition coefficient (Wildman–Crippen LogP) is 4.51. The van der Waals surface area contributed by atoms with Crippen molar-refractivity contribution in [1.82, 2.24) is 9.47 Å². The summed E-state index contributed by atoms with van der Waals surface area (Å²) >= 11 is 5.56. The monoisotopic (exact) mass is 391 g/mol. The van der Waals surface area contributed by atoms with E-state index in [0.29, 0.717) is 17.6 Å². The first-order chi connectivity index (χ1) is 13.4. The molecule has 0 saturated heterocycles. The number of thiocarbonyl (C=S) groups is 1. The molecule has 0 amide bonds. The number of anilines is 1. The number of benzene rings is 2. The van der Waals surface area contributed by atoms with Gasteiger partial charge >= 0.3 is 0 Å². The molecule has 28 heavy (non-hydrogen) atoms. The molecule has 3 aromatic rings. The van der Waals surface area contributed by atoms with Crippen LogP contribution in [0.2, 0.25) is 0 Å². The van der Waals surface area contributed by atoms with Crippen molar-refractivity contribution < 1.29 is 0 Å². The standard InChI is InChI=1S/C23H25N3OS/c1-15(2)16-7-9-20(10-8-16)24-23(28)25(3)14-19-13-18-6-4-5-17-11-12-26(21(17)18)22(19)27/h4-10,13,15H,11-12,14H2,1-3H3,(H,24,28). The highest BCUT2D eigenvalue weighted by atomic mass is 32.1. The predicted molar refractivity (Wildman–Crippen MR) is 120 cm³/mol. The van der Waals surface area contributed by atoms with Crippen molar-refractivity contribution in [2.24, 2.45) is 0 Å². The summed E-state index contributed by atoms with van der Waals surface area (Å²) in [5.74, 6) is 0.502. The molecule has 2 aromatic carbocycles. The Morgan fingerprint density at radius 1 is 1.21 bits per heavy atom. The third-order valence-corrected chi connectivity index (χ3v) is 5.87. The van der Waals surface area contributed by atoms with E-state index in [1.54, 1.807) is 0 Å². The molecule has 1 aromatic heterocycles. The Balaban J connectivity index is 1.52. The fourth-order valence-electron chi connectivity index (χ4n) is 3.84. The molecule has 1 aliphatic heterocycles. The van der Waals surface area contributed by atoms with Crippen LogP contribution in [0.5, 0.6) is 0 Å². The molecule has 4 rings (SSSR count). The van der Waals surface area contributed by atoms with Gasteiger partial charge in [-0.25, -0.2) is 0 Å². The van der Waals surface area contributed by atoms with E-state index in [1.165, 1.54) is 11.1 Å². The number of rotatable bonds is 4. The zero-order chi connectivity index (χ0) is 19.8. The first kappa shape index (κ1) is 18.7. The summed E-state index contributed by atoms with van der Waals surface area (Å²) in [6.45, 7) is 5.60. The second-order valence-corrected chi connectivity index (χ2v) is 8.18. The SMILES string of the molecule is CC(C)c1ccc(NC(=S)N(C)Cc2cc3cccc4c3n(c2=O)CC4)cc1. The molecule has 4 nitrogen and oxygen atoms in total. The van der Waals surface area contributed by atoms with Gasteiger partial charge in [-0.15, -0.1) is 0 Å². The van der Waals surface area contributed by atoms with Crippen molar-refractivity contribution in [2.75, 3.05) is 12.4 Å². The summed E-state index contributed by atoms with van der Waals surface area (Å²) in [5, 5.41) is 5.00. The number of hydrogen-bond donors (Lipinski definition) is 1. The Hall–Kier alpha value is -2.66. The van der Waals surface area contributed by atoms with Crippen LogP contribution in [-0.4, -0.2) is 21.6 Å². The maximum absolute atomic E-state index is 12.9. The minimum Gasteiger partial charge on any atom is -0.348 e. The maximum Gasteiger partial charge on any atom is 0.256 e. The van der Waals surface area contributed by atoms with Crippen molar-refractivity contribution in [3.63, 3.8) is 0 Å². The third kappa shape index (κ3) is 3.42. The van der Waals surface area contributed by atoms with Crippen LogP contribution in [0, 0.1) is 0 Å². The van der Waals surface area contributed by atoms with Gasteiger partial charge in [-0.1, -0.05) is 44.2 Å². The van der Waals surface area contributed by atoms with E-state index in [4.69, 9.17) is 12.2 Å². The van der Waals surface area contributed by atoms with Crippen LogP contribution in [-0.2, 0) is 19.5 Å². The topological polar surface area (TPSA) is 37.3 Å². The molecule has 2 heterocycles. The van der Waals surface area contributed by atoms with Crippen molar-refractivity contribution in [2.45, 2.75) is 39.3 Å². The summed E-state index contributed by atoms with van der Waals surface area (Å²) in [6, 6.07) is 16.6. The van der Waals surface area contributed by atoms with E-state index < -0.39 is 0 Å². The normalized spacial score (nSPS) is 12.6. The van der Waals surface area contributed by atoms with Crippen LogP contribution in [0.15, 0.2) is 53.3 Å². The van der Waals surface area contributed by atoms with Gasteiger partial charge in [0, 0.05) is 24.8 Å². The van der Waals surface area contributed by atoms with E-state index in [9.17, 15) is 4.79 Å². The molecule has 0 bridgehead atoms. The molecule has 1 N–H and O–H groups in total. The first-order valence-electron chi connectivity index (χ1n) is 9.70. The van der Waals surface area contributed by atoms with Crippen LogP contribution in [0.1, 0.15) is 36.5 Å². The van der Waals surface area contributed by atoms with Crippen LogP contribution in [0.4, 0.5) is 5.69 Å². The van der Waals surface area contributed by atoms with Crippen LogP contribution >= 0.6 is 12.2 Å². The lowest BCUT2D eigenvalue weighted by Gasteiger charge is -2.21. The number of nitrogens with one attached hydrogen (secondary N) is 1. The molecule has 0 unspecified atom stereocenters. The van der Waals surface area contributed by atoms with E-state index in [0.717, 1.165) is 35.1 Å². The van der Waals surface area contributed by atoms with Gasteiger partial charge in [-0.2, -0.15) is 0 Å². The number of aromatic nitrogens is 1. The average molecular weight is 392 g/mol. The Morgan fingerprint density at radius 3 is 2.68 bits per heavy atom. The van der Waals surface area contributed by atoms with Crippen molar-refractivity contribution in [1.29, 1.82) is 0 Å². The average Bonchev–Trinajstić information content (AvgIpc) is 3.12. The van der Waals surface area contributed by atoms with E-state index >= 15 is 0 Å². The fraction of sp³-hybridized carbons (Fsp3) is 0.304. The van der Waals surface area contributed by atoms with Gasteiger partial charge < -0.3 is 14.8 Å². The minimum absolute atomic E-state index is 0.0911. The van der Waals surface area contributed by atoms with Gasteiger partial charge in [-0.3, -0.25) is 4.79 Å². The number of para-hydroxylation sites is 1. The Kier molecular flexibility index (Phi) is 4.94. The fourth-order valence-corrected chi connectivity index (χ4v) is 4.02. The Bertz CT molecular complexity index is 1100. The molecule has 0 saturated carbocycles. The van der Waals surface area contributed by atoms with Gasteiger partial charge in [0.2, 0.25) is 0 Å². The smallest absolute Gasteiger partial charge is 0.256 e. The molecule has 0 spiro atoms. The second kappa shape index (κ2) is 7.40. The maximum atomic E-state index is 12.9.